The summed E-state index contributed by atoms with van der Waals surface area (Å²) >= 11 is 0. The van der Waals surface area contributed by atoms with Crippen molar-refractivity contribution in [2.45, 2.75) is 32.7 Å². The second kappa shape index (κ2) is 9.60. The van der Waals surface area contributed by atoms with Crippen molar-refractivity contribution in [3.63, 3.8) is 0 Å². The van der Waals surface area contributed by atoms with Crippen molar-refractivity contribution < 1.29 is 4.79 Å². The first kappa shape index (κ1) is 20.8. The van der Waals surface area contributed by atoms with E-state index in [2.05, 4.69) is 34.0 Å². The Balaban J connectivity index is 1.42. The second-order valence-electron chi connectivity index (χ2n) is 8.15. The van der Waals surface area contributed by atoms with E-state index in [0.717, 1.165) is 48.9 Å². The average Bonchev–Trinajstić information content (AvgIpc) is 2.81. The summed E-state index contributed by atoms with van der Waals surface area (Å²) < 4.78 is 0. The summed E-state index contributed by atoms with van der Waals surface area (Å²) in [5.74, 6) is 0.965. The number of nitrogens with zero attached hydrogens (tertiary/aromatic N) is 4. The minimum Gasteiger partial charge on any atom is -0.356 e. The summed E-state index contributed by atoms with van der Waals surface area (Å²) in [6.07, 6.45) is 5.15. The van der Waals surface area contributed by atoms with Crippen LogP contribution in [0.3, 0.4) is 0 Å². The highest BCUT2D eigenvalue weighted by Gasteiger charge is 2.31. The van der Waals surface area contributed by atoms with Crippen LogP contribution in [0.2, 0.25) is 0 Å². The van der Waals surface area contributed by atoms with Crippen LogP contribution in [0.5, 0.6) is 0 Å². The molecule has 160 valence electrons. The first-order valence-electron chi connectivity index (χ1n) is 10.9. The topological polar surface area (TPSA) is 61.4 Å². The van der Waals surface area contributed by atoms with Crippen LogP contribution in [-0.4, -0.2) is 35.0 Å². The normalized spacial score (nSPS) is 14.5. The van der Waals surface area contributed by atoms with E-state index >= 15 is 0 Å². The Morgan fingerprint density at radius 3 is 2.16 bits per heavy atom. The van der Waals surface area contributed by atoms with Gasteiger partial charge in [-0.25, -0.2) is 9.97 Å². The molecule has 0 spiro atoms. The minimum absolute atomic E-state index is 0.0180. The van der Waals surface area contributed by atoms with Crippen LogP contribution >= 0.6 is 0 Å². The third-order valence-electron chi connectivity index (χ3n) is 5.64. The predicted molar refractivity (Wildman–Crippen MR) is 126 cm³/mol. The van der Waals surface area contributed by atoms with Crippen LogP contribution in [0.4, 0.5) is 23.0 Å². The summed E-state index contributed by atoms with van der Waals surface area (Å²) in [6, 6.07) is 20.1. The Morgan fingerprint density at radius 1 is 0.935 bits per heavy atom. The smallest absolute Gasteiger partial charge is 0.230 e. The van der Waals surface area contributed by atoms with Gasteiger partial charge in [0.25, 0.3) is 0 Å². The van der Waals surface area contributed by atoms with Gasteiger partial charge in [0.15, 0.2) is 0 Å². The van der Waals surface area contributed by atoms with Crippen molar-refractivity contribution >= 4 is 28.9 Å². The maximum absolute atomic E-state index is 13.4. The summed E-state index contributed by atoms with van der Waals surface area (Å²) in [6.45, 7) is 5.74. The van der Waals surface area contributed by atoms with Crippen molar-refractivity contribution in [2.24, 2.45) is 5.92 Å². The molecule has 1 aliphatic heterocycles. The van der Waals surface area contributed by atoms with E-state index in [1.165, 1.54) is 0 Å². The zero-order chi connectivity index (χ0) is 21.6. The van der Waals surface area contributed by atoms with E-state index in [9.17, 15) is 4.79 Å². The van der Waals surface area contributed by atoms with E-state index in [4.69, 9.17) is 0 Å². The van der Waals surface area contributed by atoms with Gasteiger partial charge in [0, 0.05) is 54.5 Å². The summed E-state index contributed by atoms with van der Waals surface area (Å²) in [5.41, 5.74) is 2.98. The molecule has 4 rings (SSSR count). The molecule has 1 N–H and O–H groups in total. The molecule has 3 aromatic rings. The quantitative estimate of drug-likeness (QED) is 0.622. The van der Waals surface area contributed by atoms with Gasteiger partial charge < -0.3 is 15.1 Å². The number of benzene rings is 2. The lowest BCUT2D eigenvalue weighted by Crippen LogP contribution is -2.45. The van der Waals surface area contributed by atoms with Crippen LogP contribution < -0.4 is 15.1 Å². The van der Waals surface area contributed by atoms with Gasteiger partial charge in [0.1, 0.15) is 0 Å². The Bertz CT molecular complexity index is 968. The average molecular weight is 416 g/mol. The van der Waals surface area contributed by atoms with Gasteiger partial charge in [0.2, 0.25) is 11.9 Å². The molecule has 1 aliphatic rings. The standard InChI is InChI=1S/C25H29N5O/c1-19(2)30(23-11-9-22(10-12-23)28-21-7-4-3-5-8-21)24(31)20-13-17-29(18-14-20)25-26-15-6-16-27-25/h3-12,15-16,19-20,28H,13-14,17-18H2,1-2H3. The van der Waals surface area contributed by atoms with Crippen molar-refractivity contribution in [1.29, 1.82) is 0 Å². The largest absolute Gasteiger partial charge is 0.356 e. The minimum atomic E-state index is 0.0180. The molecule has 0 saturated carbocycles. The van der Waals surface area contributed by atoms with E-state index in [1.54, 1.807) is 12.4 Å². The Morgan fingerprint density at radius 2 is 1.55 bits per heavy atom. The number of rotatable bonds is 6. The lowest BCUT2D eigenvalue weighted by molar-refractivity contribution is -0.123. The van der Waals surface area contributed by atoms with Gasteiger partial charge in [-0.05, 0) is 69.2 Å². The number of piperidine rings is 1. The molecule has 1 saturated heterocycles. The predicted octanol–water partition coefficient (Wildman–Crippen LogP) is 4.88. The maximum atomic E-state index is 13.4. The number of nitrogens with one attached hydrogen (secondary N) is 1. The number of carbonyl (C=O) groups is 1. The fraction of sp³-hybridized carbons (Fsp3) is 0.320. The van der Waals surface area contributed by atoms with Crippen LogP contribution in [0.25, 0.3) is 0 Å². The fourth-order valence-corrected chi connectivity index (χ4v) is 4.05. The third kappa shape index (κ3) is 5.02. The summed E-state index contributed by atoms with van der Waals surface area (Å²) in [4.78, 5) is 26.2. The van der Waals surface area contributed by atoms with Crippen LogP contribution in [-0.2, 0) is 4.79 Å². The van der Waals surface area contributed by atoms with Crippen molar-refractivity contribution in [3.05, 3.63) is 73.1 Å². The second-order valence-corrected chi connectivity index (χ2v) is 8.15. The number of amides is 1. The molecule has 31 heavy (non-hydrogen) atoms. The van der Waals surface area contributed by atoms with Crippen LogP contribution in [0.1, 0.15) is 26.7 Å². The van der Waals surface area contributed by atoms with Gasteiger partial charge in [-0.15, -0.1) is 0 Å². The molecular formula is C25H29N5O. The highest BCUT2D eigenvalue weighted by atomic mass is 16.2. The number of carbonyl (C=O) groups excluding carboxylic acids is 1. The fourth-order valence-electron chi connectivity index (χ4n) is 4.05. The van der Waals surface area contributed by atoms with E-state index < -0.39 is 0 Å². The Labute approximate surface area is 183 Å². The summed E-state index contributed by atoms with van der Waals surface area (Å²) in [7, 11) is 0. The van der Waals surface area contributed by atoms with Gasteiger partial charge in [-0.1, -0.05) is 18.2 Å². The highest BCUT2D eigenvalue weighted by molar-refractivity contribution is 5.96. The van der Waals surface area contributed by atoms with Crippen molar-refractivity contribution in [1.82, 2.24) is 9.97 Å². The lowest BCUT2D eigenvalue weighted by atomic mass is 9.94. The Hall–Kier alpha value is -3.41. The zero-order valence-electron chi connectivity index (χ0n) is 18.1. The summed E-state index contributed by atoms with van der Waals surface area (Å²) in [5, 5.41) is 3.39. The molecule has 1 aromatic heterocycles. The highest BCUT2D eigenvalue weighted by Crippen LogP contribution is 2.28. The molecule has 0 radical (unpaired) electrons. The maximum Gasteiger partial charge on any atom is 0.230 e. The van der Waals surface area contributed by atoms with E-state index in [-0.39, 0.29) is 17.9 Å². The number of anilines is 4. The van der Waals surface area contributed by atoms with Crippen LogP contribution in [0, 0.1) is 5.92 Å². The van der Waals surface area contributed by atoms with Crippen molar-refractivity contribution in [3.8, 4) is 0 Å². The van der Waals surface area contributed by atoms with E-state index in [0.29, 0.717) is 0 Å². The first-order valence-corrected chi connectivity index (χ1v) is 10.9. The van der Waals surface area contributed by atoms with Gasteiger partial charge in [-0.3, -0.25) is 4.79 Å². The number of para-hydroxylation sites is 1. The Kier molecular flexibility index (Phi) is 6.46. The van der Waals surface area contributed by atoms with Crippen molar-refractivity contribution in [2.75, 3.05) is 28.2 Å². The third-order valence-corrected chi connectivity index (χ3v) is 5.64. The first-order chi connectivity index (χ1) is 15.1. The molecule has 0 bridgehead atoms. The molecule has 6 heteroatoms. The van der Waals surface area contributed by atoms with Gasteiger partial charge >= 0.3 is 0 Å². The molecule has 2 heterocycles. The lowest BCUT2D eigenvalue weighted by Gasteiger charge is -2.35. The molecular weight excluding hydrogens is 386 g/mol. The SMILES string of the molecule is CC(C)N(C(=O)C1CCN(c2ncccn2)CC1)c1ccc(Nc2ccccc2)cc1. The monoisotopic (exact) mass is 415 g/mol. The molecule has 6 nitrogen and oxygen atoms in total. The molecule has 1 amide bonds. The van der Waals surface area contributed by atoms with E-state index in [1.807, 2.05) is 65.6 Å². The number of aromatic nitrogens is 2. The molecule has 2 aromatic carbocycles. The molecule has 0 atom stereocenters. The zero-order valence-corrected chi connectivity index (χ0v) is 18.1. The van der Waals surface area contributed by atoms with Gasteiger partial charge in [-0.2, -0.15) is 0 Å². The molecule has 1 fully saturated rings. The van der Waals surface area contributed by atoms with Gasteiger partial charge in [0.05, 0.1) is 0 Å². The molecule has 0 unspecified atom stereocenters. The number of hydrogen-bond acceptors (Lipinski definition) is 5. The number of hydrogen-bond donors (Lipinski definition) is 1. The van der Waals surface area contributed by atoms with Crippen LogP contribution in [0.15, 0.2) is 73.1 Å². The molecule has 0 aliphatic carbocycles.